The zero-order chi connectivity index (χ0) is 32.8. The number of fused-ring (bicyclic) bond motifs is 1. The van der Waals surface area contributed by atoms with Crippen LogP contribution in [0, 0.1) is 0 Å². The van der Waals surface area contributed by atoms with E-state index in [1.54, 1.807) is 30.5 Å². The summed E-state index contributed by atoms with van der Waals surface area (Å²) >= 11 is 1.31. The summed E-state index contributed by atoms with van der Waals surface area (Å²) in [6, 6.07) is 16.3. The fraction of sp³-hybridized carbons (Fsp3) is 0.267. The highest BCUT2D eigenvalue weighted by molar-refractivity contribution is 7.92. The first-order chi connectivity index (χ1) is 21.4. The van der Waals surface area contributed by atoms with Crippen LogP contribution in [0.5, 0.6) is 11.5 Å². The Kier molecular flexibility index (Phi) is 10.7. The lowest BCUT2D eigenvalue weighted by molar-refractivity contribution is -0.141. The average Bonchev–Trinajstić information content (AvgIpc) is 3.45. The molecule has 0 unspecified atom stereocenters. The maximum absolute atomic E-state index is 13.8. The van der Waals surface area contributed by atoms with Gasteiger partial charge in [-0.25, -0.2) is 16.8 Å². The lowest BCUT2D eigenvalue weighted by atomic mass is 10.1. The molecule has 4 rings (SSSR count). The van der Waals surface area contributed by atoms with E-state index >= 15 is 0 Å². The predicted octanol–water partition coefficient (Wildman–Crippen LogP) is 4.04. The third-order valence-electron chi connectivity index (χ3n) is 6.73. The first kappa shape index (κ1) is 33.7. The topological polar surface area (TPSA) is 146 Å². The van der Waals surface area contributed by atoms with Crippen LogP contribution in [0.15, 0.2) is 81.9 Å². The van der Waals surface area contributed by atoms with E-state index in [1.165, 1.54) is 74.1 Å². The number of esters is 2. The fourth-order valence-electron chi connectivity index (χ4n) is 4.38. The molecule has 0 saturated heterocycles. The number of hydrogen-bond donors (Lipinski definition) is 0. The van der Waals surface area contributed by atoms with Crippen molar-refractivity contribution in [2.24, 2.45) is 0 Å². The summed E-state index contributed by atoms with van der Waals surface area (Å²) < 4.78 is 77.7. The third-order valence-corrected chi connectivity index (χ3v) is 11.3. The van der Waals surface area contributed by atoms with Crippen LogP contribution in [0.4, 0.5) is 5.69 Å². The monoisotopic (exact) mass is 676 g/mol. The molecule has 0 bridgehead atoms. The highest BCUT2D eigenvalue weighted by Gasteiger charge is 2.30. The Balaban J connectivity index is 1.77. The van der Waals surface area contributed by atoms with Crippen molar-refractivity contribution < 1.29 is 45.4 Å². The molecule has 0 radical (unpaired) electrons. The van der Waals surface area contributed by atoms with Gasteiger partial charge in [-0.3, -0.25) is 13.9 Å². The number of thiophene rings is 1. The highest BCUT2D eigenvalue weighted by atomic mass is 32.2. The van der Waals surface area contributed by atoms with E-state index in [1.807, 2.05) is 0 Å². The number of sulfonamides is 2. The Bertz CT molecular complexity index is 1870. The van der Waals surface area contributed by atoms with Gasteiger partial charge in [-0.2, -0.15) is 4.31 Å². The number of nitrogens with zero attached hydrogens (tertiary/aromatic N) is 2. The van der Waals surface area contributed by atoms with Gasteiger partial charge >= 0.3 is 11.9 Å². The summed E-state index contributed by atoms with van der Waals surface area (Å²) in [7, 11) is -4.37. The molecule has 0 N–H and O–H groups in total. The van der Waals surface area contributed by atoms with E-state index in [2.05, 4.69) is 0 Å². The van der Waals surface area contributed by atoms with Crippen molar-refractivity contribution in [2.45, 2.75) is 23.3 Å². The second-order valence-corrected chi connectivity index (χ2v) is 14.2. The quantitative estimate of drug-likeness (QED) is 0.179. The molecule has 3 aromatic carbocycles. The van der Waals surface area contributed by atoms with Crippen LogP contribution in [0.3, 0.4) is 0 Å². The number of ether oxygens (including phenoxy) is 4. The first-order valence-corrected chi connectivity index (χ1v) is 17.2. The average molecular weight is 677 g/mol. The molecule has 1 heterocycles. The van der Waals surface area contributed by atoms with Crippen molar-refractivity contribution >= 4 is 59.1 Å². The second-order valence-electron chi connectivity index (χ2n) is 9.46. The molecule has 15 heteroatoms. The fourth-order valence-corrected chi connectivity index (χ4v) is 8.08. The Morgan fingerprint density at radius 2 is 1.33 bits per heavy atom. The number of methoxy groups -OCH3 is 3. The Hall–Kier alpha value is -4.18. The minimum absolute atomic E-state index is 0.0568. The predicted molar refractivity (Wildman–Crippen MR) is 169 cm³/mol. The summed E-state index contributed by atoms with van der Waals surface area (Å²) in [6.45, 7) is 0.276. The van der Waals surface area contributed by atoms with Gasteiger partial charge < -0.3 is 18.9 Å². The molecular weight excluding hydrogens is 645 g/mol. The standard InChI is InChI=1S/C30H32N2O10S3/c1-5-42-30(34)19-32(45(37,38)26-13-9-24(40-3)10-14-26)22-6-15-28-27(16-22)21(20-43-28)17-31(18-29(33)41-4)44(35,36)25-11-7-23(39-2)8-12-25/h6-16,20H,5,17-19H2,1-4H3. The molecule has 4 aromatic rings. The van der Waals surface area contributed by atoms with Crippen LogP contribution in [-0.2, 0) is 45.7 Å². The van der Waals surface area contributed by atoms with E-state index in [9.17, 15) is 26.4 Å². The first-order valence-electron chi connectivity index (χ1n) is 13.5. The molecule has 0 fully saturated rings. The lowest BCUT2D eigenvalue weighted by Gasteiger charge is -2.24. The summed E-state index contributed by atoms with van der Waals surface area (Å²) in [5.74, 6) is -0.605. The number of hydrogen-bond acceptors (Lipinski definition) is 11. The molecular formula is C30H32N2O10S3. The molecule has 1 aromatic heterocycles. The number of anilines is 1. The van der Waals surface area contributed by atoms with Gasteiger partial charge in [-0.05, 0) is 90.0 Å². The SMILES string of the molecule is CCOC(=O)CN(c1ccc2scc(CN(CC(=O)OC)S(=O)(=O)c3ccc(OC)cc3)c2c1)S(=O)(=O)c1ccc(OC)cc1. The largest absolute Gasteiger partial charge is 0.497 e. The normalized spacial score (nSPS) is 11.8. The number of rotatable bonds is 14. The minimum atomic E-state index is -4.26. The van der Waals surface area contributed by atoms with E-state index in [-0.39, 0.29) is 28.6 Å². The molecule has 0 amide bonds. The lowest BCUT2D eigenvalue weighted by Crippen LogP contribution is -2.36. The molecule has 0 aliphatic carbocycles. The summed E-state index contributed by atoms with van der Waals surface area (Å²) in [4.78, 5) is 24.8. The second kappa shape index (κ2) is 14.3. The van der Waals surface area contributed by atoms with Crippen LogP contribution in [0.1, 0.15) is 12.5 Å². The Morgan fingerprint density at radius 1 is 0.756 bits per heavy atom. The molecule has 0 spiro atoms. The van der Waals surface area contributed by atoms with Crippen molar-refractivity contribution in [1.82, 2.24) is 4.31 Å². The molecule has 12 nitrogen and oxygen atoms in total. The minimum Gasteiger partial charge on any atom is -0.497 e. The van der Waals surface area contributed by atoms with Gasteiger partial charge in [0.15, 0.2) is 0 Å². The zero-order valence-electron chi connectivity index (χ0n) is 25.0. The maximum atomic E-state index is 13.8. The van der Waals surface area contributed by atoms with Gasteiger partial charge in [0.25, 0.3) is 10.0 Å². The van der Waals surface area contributed by atoms with E-state index in [0.29, 0.717) is 22.4 Å². The molecule has 0 aliphatic heterocycles. The maximum Gasteiger partial charge on any atom is 0.326 e. The Morgan fingerprint density at radius 3 is 1.87 bits per heavy atom. The Labute approximate surface area is 265 Å². The smallest absolute Gasteiger partial charge is 0.326 e. The van der Waals surface area contributed by atoms with E-state index in [0.717, 1.165) is 20.4 Å². The number of carbonyl (C=O) groups excluding carboxylic acids is 2. The summed E-state index contributed by atoms with van der Waals surface area (Å²) in [5.41, 5.74) is 0.666. The van der Waals surface area contributed by atoms with Gasteiger partial charge in [0.05, 0.1) is 43.4 Å². The summed E-state index contributed by atoms with van der Waals surface area (Å²) in [6.07, 6.45) is 0. The van der Waals surface area contributed by atoms with Crippen LogP contribution in [0.2, 0.25) is 0 Å². The molecule has 0 atom stereocenters. The molecule has 0 aliphatic rings. The van der Waals surface area contributed by atoms with Crippen LogP contribution in [-0.4, -0.2) is 74.1 Å². The van der Waals surface area contributed by atoms with Gasteiger partial charge in [-0.15, -0.1) is 11.3 Å². The molecule has 0 saturated carbocycles. The van der Waals surface area contributed by atoms with Gasteiger partial charge in [-0.1, -0.05) is 0 Å². The van der Waals surface area contributed by atoms with Crippen LogP contribution < -0.4 is 13.8 Å². The van der Waals surface area contributed by atoms with Crippen molar-refractivity contribution in [3.05, 3.63) is 77.7 Å². The van der Waals surface area contributed by atoms with Crippen LogP contribution in [0.25, 0.3) is 10.1 Å². The zero-order valence-corrected chi connectivity index (χ0v) is 27.4. The van der Waals surface area contributed by atoms with Gasteiger partial charge in [0, 0.05) is 11.2 Å². The van der Waals surface area contributed by atoms with Crippen molar-refractivity contribution in [2.75, 3.05) is 45.3 Å². The summed E-state index contributed by atoms with van der Waals surface area (Å²) in [5, 5.41) is 2.27. The van der Waals surface area contributed by atoms with Crippen LogP contribution >= 0.6 is 11.3 Å². The number of carbonyl (C=O) groups is 2. The van der Waals surface area contributed by atoms with E-state index in [4.69, 9.17) is 18.9 Å². The highest BCUT2D eigenvalue weighted by Crippen LogP contribution is 2.34. The number of benzene rings is 3. The van der Waals surface area contributed by atoms with Crippen molar-refractivity contribution in [3.8, 4) is 11.5 Å². The van der Waals surface area contributed by atoms with Gasteiger partial charge in [0.2, 0.25) is 10.0 Å². The van der Waals surface area contributed by atoms with Crippen molar-refractivity contribution in [3.63, 3.8) is 0 Å². The van der Waals surface area contributed by atoms with Crippen molar-refractivity contribution in [1.29, 1.82) is 0 Å². The molecule has 240 valence electrons. The van der Waals surface area contributed by atoms with Gasteiger partial charge in [0.1, 0.15) is 24.6 Å². The van der Waals surface area contributed by atoms with E-state index < -0.39 is 45.1 Å². The molecule has 45 heavy (non-hydrogen) atoms. The third kappa shape index (κ3) is 7.56.